The second-order valence-electron chi connectivity index (χ2n) is 5.47. The number of amides is 1. The van der Waals surface area contributed by atoms with E-state index < -0.39 is 0 Å². The number of nitrogens with zero attached hydrogens (tertiary/aromatic N) is 4. The van der Waals surface area contributed by atoms with E-state index in [4.69, 9.17) is 0 Å². The Labute approximate surface area is 157 Å². The Kier molecular flexibility index (Phi) is 4.22. The van der Waals surface area contributed by atoms with Crippen molar-refractivity contribution in [2.24, 2.45) is 0 Å². The Morgan fingerprint density at radius 2 is 1.96 bits per heavy atom. The van der Waals surface area contributed by atoms with E-state index in [0.717, 1.165) is 14.9 Å². The zero-order valence-electron chi connectivity index (χ0n) is 13.1. The van der Waals surface area contributed by atoms with Gasteiger partial charge in [-0.25, -0.2) is 0 Å². The highest BCUT2D eigenvalue weighted by Crippen LogP contribution is 2.16. The van der Waals surface area contributed by atoms with Gasteiger partial charge in [-0.2, -0.15) is 0 Å². The van der Waals surface area contributed by atoms with Gasteiger partial charge in [-0.3, -0.25) is 9.20 Å². The highest BCUT2D eigenvalue weighted by Gasteiger charge is 2.13. The first-order valence-corrected chi connectivity index (χ1v) is 8.80. The summed E-state index contributed by atoms with van der Waals surface area (Å²) < 4.78 is 4.85. The molecule has 0 bridgehead atoms. The van der Waals surface area contributed by atoms with Gasteiger partial charge in [0, 0.05) is 21.7 Å². The largest absolute Gasteiger partial charge is 0.343 e. The third kappa shape index (κ3) is 3.14. The number of carbonyl (C=O) groups excluding carboxylic acids is 1. The summed E-state index contributed by atoms with van der Waals surface area (Å²) in [7, 11) is 0. The first-order valence-electron chi connectivity index (χ1n) is 7.72. The lowest BCUT2D eigenvalue weighted by atomic mass is 10.3. The number of aromatic nitrogens is 4. The van der Waals surface area contributed by atoms with Gasteiger partial charge in [0.05, 0.1) is 6.54 Å². The van der Waals surface area contributed by atoms with Gasteiger partial charge in [0.1, 0.15) is 5.69 Å². The molecule has 0 saturated carbocycles. The number of hydrogen-bond donors (Lipinski definition) is 1. The minimum Gasteiger partial charge on any atom is -0.343 e. The molecule has 124 valence electrons. The molecule has 4 rings (SSSR count). The number of halogens is 1. The van der Waals surface area contributed by atoms with Crippen molar-refractivity contribution in [2.75, 3.05) is 0 Å². The number of rotatable bonds is 4. The van der Waals surface area contributed by atoms with Gasteiger partial charge in [0.25, 0.3) is 5.91 Å². The topological polar surface area (TPSA) is 64.2 Å². The van der Waals surface area contributed by atoms with Gasteiger partial charge in [-0.15, -0.1) is 10.2 Å². The van der Waals surface area contributed by atoms with E-state index in [1.807, 2.05) is 69.9 Å². The van der Waals surface area contributed by atoms with Gasteiger partial charge in [-0.05, 0) is 65.1 Å². The molecule has 1 N–H and O–H groups in total. The summed E-state index contributed by atoms with van der Waals surface area (Å²) >= 11 is 2.26. The lowest BCUT2D eigenvalue weighted by Crippen LogP contribution is -2.26. The number of benzene rings is 1. The van der Waals surface area contributed by atoms with Crippen LogP contribution in [0.15, 0.2) is 67.0 Å². The Hall–Kier alpha value is -2.68. The summed E-state index contributed by atoms with van der Waals surface area (Å²) in [6.07, 6.45) is 3.76. The van der Waals surface area contributed by atoms with Crippen molar-refractivity contribution in [3.05, 3.63) is 82.1 Å². The number of hydrogen-bond acceptors (Lipinski definition) is 3. The van der Waals surface area contributed by atoms with E-state index in [-0.39, 0.29) is 5.91 Å². The third-order valence-corrected chi connectivity index (χ3v) is 4.53. The lowest BCUT2D eigenvalue weighted by Gasteiger charge is -2.10. The molecular formula is C18H14IN5O. The van der Waals surface area contributed by atoms with Crippen LogP contribution in [-0.2, 0) is 6.54 Å². The van der Waals surface area contributed by atoms with Gasteiger partial charge in [0.2, 0.25) is 0 Å². The van der Waals surface area contributed by atoms with Crippen LogP contribution in [0, 0.1) is 3.57 Å². The summed E-state index contributed by atoms with van der Waals surface area (Å²) in [5.41, 5.74) is 2.29. The monoisotopic (exact) mass is 443 g/mol. The van der Waals surface area contributed by atoms with Crippen LogP contribution in [0.5, 0.6) is 0 Å². The maximum absolute atomic E-state index is 12.6. The van der Waals surface area contributed by atoms with Crippen molar-refractivity contribution in [1.29, 1.82) is 0 Å². The highest BCUT2D eigenvalue weighted by molar-refractivity contribution is 14.1. The standard InChI is InChI=1S/C18H14IN5O/c19-13-5-3-6-14(11-13)23-10-4-7-15(23)18(25)20-12-17-22-21-16-8-1-2-9-24(16)17/h1-11H,12H2,(H,20,25). The molecule has 0 aliphatic heterocycles. The molecule has 0 aliphatic carbocycles. The highest BCUT2D eigenvalue weighted by atomic mass is 127. The molecule has 6 nitrogen and oxygen atoms in total. The maximum Gasteiger partial charge on any atom is 0.268 e. The normalized spacial score (nSPS) is 10.9. The summed E-state index contributed by atoms with van der Waals surface area (Å²) in [5.74, 6) is 0.535. The van der Waals surface area contributed by atoms with Crippen LogP contribution in [0.25, 0.3) is 11.3 Å². The average molecular weight is 443 g/mol. The summed E-state index contributed by atoms with van der Waals surface area (Å²) in [5, 5.41) is 11.1. The van der Waals surface area contributed by atoms with E-state index in [1.54, 1.807) is 6.07 Å². The van der Waals surface area contributed by atoms with Crippen molar-refractivity contribution in [2.45, 2.75) is 6.54 Å². The first kappa shape index (κ1) is 15.8. The Morgan fingerprint density at radius 3 is 2.84 bits per heavy atom. The summed E-state index contributed by atoms with van der Waals surface area (Å²) in [6, 6.07) is 17.3. The van der Waals surface area contributed by atoms with Crippen molar-refractivity contribution in [3.63, 3.8) is 0 Å². The summed E-state index contributed by atoms with van der Waals surface area (Å²) in [4.78, 5) is 12.6. The second kappa shape index (κ2) is 6.67. The number of fused-ring (bicyclic) bond motifs is 1. The van der Waals surface area contributed by atoms with Crippen molar-refractivity contribution in [3.8, 4) is 5.69 Å². The van der Waals surface area contributed by atoms with Crippen LogP contribution < -0.4 is 5.32 Å². The van der Waals surface area contributed by atoms with Crippen LogP contribution in [0.2, 0.25) is 0 Å². The van der Waals surface area contributed by atoms with E-state index in [2.05, 4.69) is 38.1 Å². The van der Waals surface area contributed by atoms with Crippen molar-refractivity contribution >= 4 is 34.1 Å². The molecule has 1 amide bonds. The molecule has 0 unspecified atom stereocenters. The van der Waals surface area contributed by atoms with Crippen LogP contribution in [0.4, 0.5) is 0 Å². The molecule has 25 heavy (non-hydrogen) atoms. The van der Waals surface area contributed by atoms with E-state index >= 15 is 0 Å². The lowest BCUT2D eigenvalue weighted by molar-refractivity contribution is 0.0943. The van der Waals surface area contributed by atoms with Gasteiger partial charge in [0.15, 0.2) is 11.5 Å². The quantitative estimate of drug-likeness (QED) is 0.494. The number of nitrogens with one attached hydrogen (secondary N) is 1. The van der Waals surface area contributed by atoms with E-state index in [1.165, 1.54) is 0 Å². The smallest absolute Gasteiger partial charge is 0.268 e. The fraction of sp³-hybridized carbons (Fsp3) is 0.0556. The molecule has 3 aromatic heterocycles. The minimum atomic E-state index is -0.156. The van der Waals surface area contributed by atoms with Gasteiger partial charge in [-0.1, -0.05) is 12.1 Å². The molecule has 7 heteroatoms. The zero-order valence-corrected chi connectivity index (χ0v) is 15.3. The van der Waals surface area contributed by atoms with Crippen LogP contribution >= 0.6 is 22.6 Å². The number of pyridine rings is 1. The first-order chi connectivity index (χ1) is 12.2. The molecule has 0 aliphatic rings. The predicted octanol–water partition coefficient (Wildman–Crippen LogP) is 3.05. The van der Waals surface area contributed by atoms with Crippen molar-refractivity contribution in [1.82, 2.24) is 24.5 Å². The molecule has 1 aromatic carbocycles. The fourth-order valence-electron chi connectivity index (χ4n) is 2.68. The van der Waals surface area contributed by atoms with Gasteiger partial charge < -0.3 is 9.88 Å². The molecule has 0 radical (unpaired) electrons. The Balaban J connectivity index is 1.55. The molecule has 0 fully saturated rings. The molecule has 0 spiro atoms. The predicted molar refractivity (Wildman–Crippen MR) is 103 cm³/mol. The van der Waals surface area contributed by atoms with Crippen LogP contribution in [0.1, 0.15) is 16.3 Å². The van der Waals surface area contributed by atoms with Crippen molar-refractivity contribution < 1.29 is 4.79 Å². The minimum absolute atomic E-state index is 0.156. The Morgan fingerprint density at radius 1 is 1.04 bits per heavy atom. The zero-order chi connectivity index (χ0) is 17.2. The third-order valence-electron chi connectivity index (χ3n) is 3.86. The molecule has 3 heterocycles. The van der Waals surface area contributed by atoms with Crippen LogP contribution in [-0.4, -0.2) is 25.1 Å². The van der Waals surface area contributed by atoms with Crippen LogP contribution in [0.3, 0.4) is 0 Å². The maximum atomic E-state index is 12.6. The van der Waals surface area contributed by atoms with Gasteiger partial charge >= 0.3 is 0 Å². The Bertz CT molecular complexity index is 1050. The molecular weight excluding hydrogens is 429 g/mol. The average Bonchev–Trinajstić information content (AvgIpc) is 3.27. The molecule has 0 atom stereocenters. The SMILES string of the molecule is O=C(NCc1nnc2ccccn12)c1cccn1-c1cccc(I)c1. The summed E-state index contributed by atoms with van der Waals surface area (Å²) in [6.45, 7) is 0.307. The van der Waals surface area contributed by atoms with E-state index in [9.17, 15) is 4.79 Å². The number of carbonyl (C=O) groups is 1. The second-order valence-corrected chi connectivity index (χ2v) is 6.72. The molecule has 0 saturated heterocycles. The van der Waals surface area contributed by atoms with E-state index in [0.29, 0.717) is 18.1 Å². The molecule has 4 aromatic rings. The fourth-order valence-corrected chi connectivity index (χ4v) is 3.21.